The molecule has 0 spiro atoms. The molecule has 1 aliphatic rings. The average Bonchev–Trinajstić information content (AvgIpc) is 2.84. The van der Waals surface area contributed by atoms with Gasteiger partial charge in [0, 0.05) is 26.2 Å². The van der Waals surface area contributed by atoms with Crippen LogP contribution in [-0.4, -0.2) is 92.4 Å². The predicted octanol–water partition coefficient (Wildman–Crippen LogP) is 0.807. The van der Waals surface area contributed by atoms with E-state index in [0.29, 0.717) is 18.9 Å². The summed E-state index contributed by atoms with van der Waals surface area (Å²) in [5, 5.41) is 27.7. The number of likely N-dealkylation sites (tertiary alicyclic amines) is 1. The topological polar surface area (TPSA) is 147 Å². The van der Waals surface area contributed by atoms with Crippen molar-refractivity contribution in [3.8, 4) is 11.5 Å². The van der Waals surface area contributed by atoms with E-state index in [1.807, 2.05) is 0 Å². The first-order valence-electron chi connectivity index (χ1n) is 11.6. The highest BCUT2D eigenvalue weighted by Crippen LogP contribution is 2.26. The third-order valence-corrected chi connectivity index (χ3v) is 5.32. The van der Waals surface area contributed by atoms with Crippen LogP contribution in [0.4, 0.5) is 13.2 Å². The van der Waals surface area contributed by atoms with E-state index in [-0.39, 0.29) is 37.4 Å². The van der Waals surface area contributed by atoms with Crippen LogP contribution in [0.2, 0.25) is 0 Å². The van der Waals surface area contributed by atoms with E-state index in [9.17, 15) is 33.2 Å². The van der Waals surface area contributed by atoms with Gasteiger partial charge in [0.2, 0.25) is 5.91 Å². The van der Waals surface area contributed by atoms with Crippen LogP contribution in [-0.2, 0) is 9.53 Å². The molecular weight excluding hydrogens is 503 g/mol. The largest absolute Gasteiger partial charge is 0.573 e. The van der Waals surface area contributed by atoms with Crippen molar-refractivity contribution in [1.82, 2.24) is 20.9 Å². The van der Waals surface area contributed by atoms with Crippen LogP contribution in [0.1, 0.15) is 12.8 Å². The molecule has 1 atom stereocenters. The SMILES string of the molecule is CN/C(=C\NC[C@@H](CO)NC(=O)COCCN1CCC(Oc2ccc(OC(F)(F)F)cc2)CC1)[N+](=O)[O-]. The van der Waals surface area contributed by atoms with Gasteiger partial charge in [-0.25, -0.2) is 0 Å². The van der Waals surface area contributed by atoms with Crippen molar-refractivity contribution >= 4 is 5.91 Å². The first kappa shape index (κ1) is 29.9. The van der Waals surface area contributed by atoms with E-state index in [1.54, 1.807) is 0 Å². The molecule has 15 heteroatoms. The maximum atomic E-state index is 12.2. The Kier molecular flexibility index (Phi) is 12.2. The van der Waals surface area contributed by atoms with E-state index < -0.39 is 23.2 Å². The second-order valence-electron chi connectivity index (χ2n) is 8.12. The van der Waals surface area contributed by atoms with E-state index in [4.69, 9.17) is 9.47 Å². The molecule has 1 heterocycles. The van der Waals surface area contributed by atoms with Crippen molar-refractivity contribution in [1.29, 1.82) is 0 Å². The van der Waals surface area contributed by atoms with Crippen LogP contribution in [0, 0.1) is 10.1 Å². The van der Waals surface area contributed by atoms with E-state index in [2.05, 4.69) is 25.6 Å². The summed E-state index contributed by atoms with van der Waals surface area (Å²) < 4.78 is 51.8. The van der Waals surface area contributed by atoms with Crippen LogP contribution < -0.4 is 25.4 Å². The van der Waals surface area contributed by atoms with Crippen molar-refractivity contribution in [2.45, 2.75) is 31.3 Å². The summed E-state index contributed by atoms with van der Waals surface area (Å²) in [5.74, 6) is -0.517. The molecule has 0 saturated carbocycles. The lowest BCUT2D eigenvalue weighted by molar-refractivity contribution is -0.431. The number of aliphatic hydroxyl groups is 1. The first-order chi connectivity index (χ1) is 17.6. The number of nitrogens with one attached hydrogen (secondary N) is 3. The highest BCUT2D eigenvalue weighted by atomic mass is 19.4. The number of ether oxygens (including phenoxy) is 3. The number of benzene rings is 1. The molecule has 12 nitrogen and oxygen atoms in total. The van der Waals surface area contributed by atoms with Crippen molar-refractivity contribution in [3.05, 3.63) is 46.4 Å². The molecule has 1 amide bonds. The molecule has 1 fully saturated rings. The molecule has 1 aliphatic heterocycles. The van der Waals surface area contributed by atoms with Crippen molar-refractivity contribution in [2.75, 3.05) is 53.0 Å². The highest BCUT2D eigenvalue weighted by molar-refractivity contribution is 5.77. The van der Waals surface area contributed by atoms with Gasteiger partial charge in [-0.2, -0.15) is 0 Å². The van der Waals surface area contributed by atoms with Crippen molar-refractivity contribution < 1.29 is 42.2 Å². The summed E-state index contributed by atoms with van der Waals surface area (Å²) in [4.78, 5) is 24.3. The minimum absolute atomic E-state index is 0.0641. The molecule has 1 aromatic rings. The molecule has 2 rings (SSSR count). The number of hydrogen-bond donors (Lipinski definition) is 4. The Bertz CT molecular complexity index is 878. The zero-order chi connectivity index (χ0) is 27.3. The third kappa shape index (κ3) is 12.0. The normalized spacial score (nSPS) is 16.1. The Hall–Kier alpha value is -3.30. The summed E-state index contributed by atoms with van der Waals surface area (Å²) in [6.07, 6.45) is -2.20. The van der Waals surface area contributed by atoms with Crippen LogP contribution in [0.15, 0.2) is 36.3 Å². The predicted molar refractivity (Wildman–Crippen MR) is 125 cm³/mol. The number of rotatable bonds is 15. The first-order valence-corrected chi connectivity index (χ1v) is 11.6. The number of aliphatic hydroxyl groups excluding tert-OH is 1. The molecule has 0 bridgehead atoms. The highest BCUT2D eigenvalue weighted by Gasteiger charge is 2.31. The Labute approximate surface area is 211 Å². The number of carbonyl (C=O) groups is 1. The van der Waals surface area contributed by atoms with Gasteiger partial charge in [-0.1, -0.05) is 0 Å². The molecule has 0 aromatic heterocycles. The second-order valence-corrected chi connectivity index (χ2v) is 8.12. The Morgan fingerprint density at radius 2 is 1.92 bits per heavy atom. The summed E-state index contributed by atoms with van der Waals surface area (Å²) in [6, 6.07) is 4.64. The van der Waals surface area contributed by atoms with Gasteiger partial charge in [-0.3, -0.25) is 10.1 Å². The minimum atomic E-state index is -4.74. The summed E-state index contributed by atoms with van der Waals surface area (Å²) >= 11 is 0. The Morgan fingerprint density at radius 3 is 2.49 bits per heavy atom. The van der Waals surface area contributed by atoms with Gasteiger partial charge >= 0.3 is 12.2 Å². The molecule has 0 unspecified atom stereocenters. The fraction of sp³-hybridized carbons (Fsp3) is 0.591. The standard InChI is InChI=1S/C22H32F3N5O7/c1-26-20(30(33)34)13-27-12-16(14-31)28-21(32)15-35-11-10-29-8-6-18(7-9-29)36-17-2-4-19(5-3-17)37-22(23,24)25/h2-5,13,16,18,26-27,31H,6-12,14-15H2,1H3,(H,28,32)/b20-13+/t16-/m0/s1. The lowest BCUT2D eigenvalue weighted by Gasteiger charge is -2.32. The van der Waals surface area contributed by atoms with Crippen molar-refractivity contribution in [3.63, 3.8) is 0 Å². The number of amides is 1. The van der Waals surface area contributed by atoms with E-state index in [1.165, 1.54) is 31.3 Å². The van der Waals surface area contributed by atoms with Crippen LogP contribution in [0.3, 0.4) is 0 Å². The molecule has 4 N–H and O–H groups in total. The molecule has 0 radical (unpaired) electrons. The third-order valence-electron chi connectivity index (χ3n) is 5.32. The summed E-state index contributed by atoms with van der Waals surface area (Å²) in [5.41, 5.74) is 0. The van der Waals surface area contributed by atoms with Gasteiger partial charge < -0.3 is 45.0 Å². The summed E-state index contributed by atoms with van der Waals surface area (Å²) in [6.45, 7) is 1.93. The number of halogens is 3. The van der Waals surface area contributed by atoms with E-state index in [0.717, 1.165) is 32.1 Å². The monoisotopic (exact) mass is 535 g/mol. The van der Waals surface area contributed by atoms with Crippen LogP contribution >= 0.6 is 0 Å². The Balaban J connectivity index is 1.59. The van der Waals surface area contributed by atoms with Gasteiger partial charge in [-0.15, -0.1) is 13.2 Å². The number of nitro groups is 1. The number of alkyl halides is 3. The number of hydrogen-bond acceptors (Lipinski definition) is 10. The van der Waals surface area contributed by atoms with Gasteiger partial charge in [0.15, 0.2) is 0 Å². The van der Waals surface area contributed by atoms with Gasteiger partial charge in [0.25, 0.3) is 0 Å². The molecule has 0 aliphatic carbocycles. The minimum Gasteiger partial charge on any atom is -0.490 e. The maximum absolute atomic E-state index is 12.2. The lowest BCUT2D eigenvalue weighted by atomic mass is 10.1. The zero-order valence-corrected chi connectivity index (χ0v) is 20.3. The number of carbonyl (C=O) groups excluding carboxylic acids is 1. The smallest absolute Gasteiger partial charge is 0.490 e. The van der Waals surface area contributed by atoms with Gasteiger partial charge in [-0.05, 0) is 42.0 Å². The van der Waals surface area contributed by atoms with Gasteiger partial charge in [0.05, 0.1) is 32.5 Å². The second kappa shape index (κ2) is 15.1. The fourth-order valence-electron chi connectivity index (χ4n) is 3.47. The molecule has 1 saturated heterocycles. The van der Waals surface area contributed by atoms with Crippen LogP contribution in [0.5, 0.6) is 11.5 Å². The molecule has 37 heavy (non-hydrogen) atoms. The summed E-state index contributed by atoms with van der Waals surface area (Å²) in [7, 11) is 1.40. The van der Waals surface area contributed by atoms with E-state index >= 15 is 0 Å². The van der Waals surface area contributed by atoms with Crippen LogP contribution in [0.25, 0.3) is 0 Å². The molecule has 1 aromatic carbocycles. The Morgan fingerprint density at radius 1 is 1.27 bits per heavy atom. The molecule has 208 valence electrons. The maximum Gasteiger partial charge on any atom is 0.573 e. The zero-order valence-electron chi connectivity index (χ0n) is 20.3. The number of piperidine rings is 1. The quantitative estimate of drug-likeness (QED) is 0.144. The number of nitrogens with zero attached hydrogens (tertiary/aromatic N) is 2. The lowest BCUT2D eigenvalue weighted by Crippen LogP contribution is -2.45. The van der Waals surface area contributed by atoms with Gasteiger partial charge in [0.1, 0.15) is 24.2 Å². The van der Waals surface area contributed by atoms with Crippen molar-refractivity contribution in [2.24, 2.45) is 0 Å². The molecular formula is C22H32F3N5O7. The average molecular weight is 536 g/mol. The fourth-order valence-corrected chi connectivity index (χ4v) is 3.47.